The fourth-order valence-corrected chi connectivity index (χ4v) is 4.17. The number of piperidine rings is 1. The quantitative estimate of drug-likeness (QED) is 0.873. The van der Waals surface area contributed by atoms with Gasteiger partial charge in [-0.3, -0.25) is 9.69 Å². The van der Waals surface area contributed by atoms with Crippen molar-refractivity contribution in [1.82, 2.24) is 19.4 Å². The molecule has 4 heterocycles. The molecule has 1 N–H and O–H groups in total. The first-order valence-corrected chi connectivity index (χ1v) is 9.37. The number of amides is 1. The fraction of sp³-hybridized carbons (Fsp3) is 0.579. The van der Waals surface area contributed by atoms with E-state index in [0.717, 1.165) is 51.3 Å². The van der Waals surface area contributed by atoms with Crippen LogP contribution in [-0.2, 0) is 4.74 Å². The van der Waals surface area contributed by atoms with Crippen LogP contribution in [0.25, 0.3) is 5.52 Å². The molecular weight excluding hydrogens is 332 g/mol. The predicted octanol–water partition coefficient (Wildman–Crippen LogP) is 0.737. The van der Waals surface area contributed by atoms with Gasteiger partial charge in [0.25, 0.3) is 5.91 Å². The topological polar surface area (TPSA) is 70.3 Å². The van der Waals surface area contributed by atoms with Crippen LogP contribution in [0.15, 0.2) is 30.6 Å². The first-order valence-electron chi connectivity index (χ1n) is 9.37. The van der Waals surface area contributed by atoms with Crippen molar-refractivity contribution in [2.75, 3.05) is 52.5 Å². The van der Waals surface area contributed by atoms with Crippen LogP contribution in [0.5, 0.6) is 0 Å². The van der Waals surface area contributed by atoms with Gasteiger partial charge in [-0.25, -0.2) is 4.52 Å². The largest absolute Gasteiger partial charge is 0.396 e. The number of rotatable bonds is 4. The van der Waals surface area contributed by atoms with Crippen LogP contribution < -0.4 is 0 Å². The summed E-state index contributed by atoms with van der Waals surface area (Å²) in [6, 6.07) is 5.73. The van der Waals surface area contributed by atoms with E-state index in [-0.39, 0.29) is 18.4 Å². The van der Waals surface area contributed by atoms with Crippen LogP contribution in [0.4, 0.5) is 0 Å². The molecule has 2 fully saturated rings. The maximum atomic E-state index is 13.1. The first-order chi connectivity index (χ1) is 12.7. The summed E-state index contributed by atoms with van der Waals surface area (Å²) in [5.74, 6) is 0.529. The van der Waals surface area contributed by atoms with Gasteiger partial charge in [-0.05, 0) is 30.4 Å². The number of aromatic nitrogens is 2. The second-order valence-corrected chi connectivity index (χ2v) is 7.36. The Kier molecular flexibility index (Phi) is 5.19. The summed E-state index contributed by atoms with van der Waals surface area (Å²) in [6.07, 6.45) is 4.46. The van der Waals surface area contributed by atoms with E-state index in [1.165, 1.54) is 0 Å². The molecule has 2 atom stereocenters. The van der Waals surface area contributed by atoms with Crippen molar-refractivity contribution in [1.29, 1.82) is 0 Å². The Bertz CT molecular complexity index is 756. The van der Waals surface area contributed by atoms with Gasteiger partial charge in [0, 0.05) is 45.5 Å². The first kappa shape index (κ1) is 17.5. The number of pyridine rings is 1. The number of morpholine rings is 1. The number of hydrogen-bond acceptors (Lipinski definition) is 5. The lowest BCUT2D eigenvalue weighted by molar-refractivity contribution is 0.0130. The molecule has 0 aromatic carbocycles. The maximum absolute atomic E-state index is 13.1. The fourth-order valence-electron chi connectivity index (χ4n) is 4.17. The number of ether oxygens (including phenoxy) is 1. The normalized spacial score (nSPS) is 24.9. The van der Waals surface area contributed by atoms with Crippen LogP contribution in [0.1, 0.15) is 16.8 Å². The molecule has 140 valence electrons. The number of carbonyl (C=O) groups excluding carboxylic acids is 1. The van der Waals surface area contributed by atoms with Gasteiger partial charge in [0.2, 0.25) is 0 Å². The minimum Gasteiger partial charge on any atom is -0.396 e. The van der Waals surface area contributed by atoms with Crippen LogP contribution in [-0.4, -0.2) is 83.0 Å². The Labute approximate surface area is 153 Å². The molecular formula is C19H26N4O3. The Hall–Kier alpha value is -1.96. The summed E-state index contributed by atoms with van der Waals surface area (Å²) < 4.78 is 7.15. The Balaban J connectivity index is 1.49. The van der Waals surface area contributed by atoms with Crippen molar-refractivity contribution in [3.8, 4) is 0 Å². The third kappa shape index (κ3) is 3.60. The Morgan fingerprint density at radius 1 is 1.23 bits per heavy atom. The molecule has 2 aliphatic heterocycles. The highest BCUT2D eigenvalue weighted by Gasteiger charge is 2.32. The lowest BCUT2D eigenvalue weighted by atomic mass is 9.88. The number of aliphatic hydroxyl groups is 1. The molecule has 2 aromatic rings. The van der Waals surface area contributed by atoms with Crippen molar-refractivity contribution < 1.29 is 14.6 Å². The van der Waals surface area contributed by atoms with Crippen LogP contribution in [0, 0.1) is 11.8 Å². The highest BCUT2D eigenvalue weighted by atomic mass is 16.5. The molecule has 2 aromatic heterocycles. The van der Waals surface area contributed by atoms with Gasteiger partial charge < -0.3 is 14.7 Å². The van der Waals surface area contributed by atoms with Crippen molar-refractivity contribution in [2.24, 2.45) is 11.8 Å². The predicted molar refractivity (Wildman–Crippen MR) is 97.0 cm³/mol. The average Bonchev–Trinajstić information content (AvgIpc) is 3.12. The zero-order chi connectivity index (χ0) is 17.9. The SMILES string of the molecule is O=C(c1cnn2ccccc12)N1C[C@H](CO)C[C@H](CN2CCOCC2)C1. The molecule has 4 rings (SSSR count). The molecule has 0 radical (unpaired) electrons. The molecule has 2 saturated heterocycles. The molecule has 0 bridgehead atoms. The second kappa shape index (κ2) is 7.73. The number of fused-ring (bicyclic) bond motifs is 1. The van der Waals surface area contributed by atoms with E-state index >= 15 is 0 Å². The van der Waals surface area contributed by atoms with E-state index in [1.54, 1.807) is 10.7 Å². The molecule has 0 aliphatic carbocycles. The third-order valence-corrected chi connectivity index (χ3v) is 5.45. The standard InChI is InChI=1S/C19H26N4O3/c24-14-16-9-15(11-21-5-7-26-8-6-21)12-22(13-16)19(25)17-10-20-23-4-2-1-3-18(17)23/h1-4,10,15-16,24H,5-9,11-14H2/t15-,16-/m1/s1. The van der Waals surface area contributed by atoms with Gasteiger partial charge in [0.1, 0.15) is 0 Å². The summed E-state index contributed by atoms with van der Waals surface area (Å²) in [6.45, 7) is 5.87. The van der Waals surface area contributed by atoms with E-state index in [4.69, 9.17) is 4.74 Å². The average molecular weight is 358 g/mol. The molecule has 0 spiro atoms. The van der Waals surface area contributed by atoms with Crippen molar-refractivity contribution in [2.45, 2.75) is 6.42 Å². The molecule has 26 heavy (non-hydrogen) atoms. The third-order valence-electron chi connectivity index (χ3n) is 5.45. The maximum Gasteiger partial charge on any atom is 0.257 e. The van der Waals surface area contributed by atoms with Gasteiger partial charge in [-0.2, -0.15) is 5.10 Å². The Morgan fingerprint density at radius 3 is 2.85 bits per heavy atom. The zero-order valence-corrected chi connectivity index (χ0v) is 15.0. The van der Waals surface area contributed by atoms with Crippen LogP contribution >= 0.6 is 0 Å². The Morgan fingerprint density at radius 2 is 2.04 bits per heavy atom. The van der Waals surface area contributed by atoms with E-state index in [1.807, 2.05) is 29.3 Å². The van der Waals surface area contributed by atoms with E-state index < -0.39 is 0 Å². The van der Waals surface area contributed by atoms with Crippen molar-refractivity contribution in [3.63, 3.8) is 0 Å². The zero-order valence-electron chi connectivity index (χ0n) is 15.0. The van der Waals surface area contributed by atoms with E-state index in [9.17, 15) is 9.90 Å². The van der Waals surface area contributed by atoms with Gasteiger partial charge in [0.15, 0.2) is 0 Å². The lowest BCUT2D eigenvalue weighted by Crippen LogP contribution is -2.49. The lowest BCUT2D eigenvalue weighted by Gasteiger charge is -2.39. The number of aliphatic hydroxyl groups excluding tert-OH is 1. The summed E-state index contributed by atoms with van der Waals surface area (Å²) in [5, 5.41) is 14.0. The molecule has 7 nitrogen and oxygen atoms in total. The van der Waals surface area contributed by atoms with Gasteiger partial charge in [0.05, 0.1) is 30.5 Å². The summed E-state index contributed by atoms with van der Waals surface area (Å²) in [5.41, 5.74) is 1.46. The van der Waals surface area contributed by atoms with Crippen LogP contribution in [0.3, 0.4) is 0 Å². The molecule has 2 aliphatic rings. The number of carbonyl (C=O) groups is 1. The molecule has 0 unspecified atom stereocenters. The monoisotopic (exact) mass is 358 g/mol. The summed E-state index contributed by atoms with van der Waals surface area (Å²) in [7, 11) is 0. The second-order valence-electron chi connectivity index (χ2n) is 7.36. The van der Waals surface area contributed by atoms with Gasteiger partial charge in [-0.15, -0.1) is 0 Å². The van der Waals surface area contributed by atoms with E-state index in [0.29, 0.717) is 18.0 Å². The molecule has 1 amide bonds. The van der Waals surface area contributed by atoms with Crippen molar-refractivity contribution >= 4 is 11.4 Å². The summed E-state index contributed by atoms with van der Waals surface area (Å²) >= 11 is 0. The van der Waals surface area contributed by atoms with Crippen LogP contribution in [0.2, 0.25) is 0 Å². The van der Waals surface area contributed by atoms with Gasteiger partial charge >= 0.3 is 0 Å². The van der Waals surface area contributed by atoms with Crippen molar-refractivity contribution in [3.05, 3.63) is 36.2 Å². The minimum absolute atomic E-state index is 0.0105. The number of hydrogen-bond donors (Lipinski definition) is 1. The highest BCUT2D eigenvalue weighted by molar-refractivity contribution is 6.00. The molecule has 7 heteroatoms. The van der Waals surface area contributed by atoms with Gasteiger partial charge in [-0.1, -0.05) is 6.07 Å². The highest BCUT2D eigenvalue weighted by Crippen LogP contribution is 2.25. The molecule has 0 saturated carbocycles. The number of nitrogens with zero attached hydrogens (tertiary/aromatic N) is 4. The summed E-state index contributed by atoms with van der Waals surface area (Å²) in [4.78, 5) is 17.4. The minimum atomic E-state index is 0.0105. The smallest absolute Gasteiger partial charge is 0.257 e. The number of likely N-dealkylation sites (tertiary alicyclic amines) is 1. The van der Waals surface area contributed by atoms with E-state index in [2.05, 4.69) is 10.00 Å².